The van der Waals surface area contributed by atoms with Crippen LogP contribution in [0.15, 0.2) is 30.3 Å². The highest BCUT2D eigenvalue weighted by Crippen LogP contribution is 2.30. The van der Waals surface area contributed by atoms with Crippen molar-refractivity contribution in [3.05, 3.63) is 35.9 Å². The van der Waals surface area contributed by atoms with Gasteiger partial charge in [-0.1, -0.05) is 30.3 Å². The summed E-state index contributed by atoms with van der Waals surface area (Å²) >= 11 is 0. The molecule has 5 atom stereocenters. The van der Waals surface area contributed by atoms with Crippen molar-refractivity contribution < 1.29 is 47.6 Å². The van der Waals surface area contributed by atoms with Crippen molar-refractivity contribution in [2.45, 2.75) is 65.0 Å². The maximum Gasteiger partial charge on any atom is 0.305 e. The molecule has 1 heterocycles. The monoisotopic (exact) mass is 438 g/mol. The molecule has 0 radical (unpaired) electrons. The van der Waals surface area contributed by atoms with E-state index in [1.54, 1.807) is 0 Å². The van der Waals surface area contributed by atoms with Gasteiger partial charge in [0.15, 0.2) is 12.2 Å². The lowest BCUT2D eigenvalue weighted by molar-refractivity contribution is -0.305. The Kier molecular flexibility index (Phi) is 8.95. The Morgan fingerprint density at radius 3 is 1.90 bits per heavy atom. The van der Waals surface area contributed by atoms with Gasteiger partial charge in [-0.15, -0.1) is 0 Å². The Bertz CT molecular complexity index is 778. The predicted molar refractivity (Wildman–Crippen MR) is 103 cm³/mol. The van der Waals surface area contributed by atoms with Crippen LogP contribution in [0.4, 0.5) is 0 Å². The van der Waals surface area contributed by atoms with Gasteiger partial charge in [-0.3, -0.25) is 19.2 Å². The molecule has 1 aromatic rings. The van der Waals surface area contributed by atoms with Crippen LogP contribution in [0.25, 0.3) is 0 Å². The quantitative estimate of drug-likeness (QED) is 0.433. The Balaban J connectivity index is 2.38. The van der Waals surface area contributed by atoms with Crippen LogP contribution in [0.5, 0.6) is 0 Å². The van der Waals surface area contributed by atoms with Gasteiger partial charge < -0.3 is 28.4 Å². The maximum absolute atomic E-state index is 11.8. The summed E-state index contributed by atoms with van der Waals surface area (Å²) in [6, 6.07) is 9.12. The molecule has 1 fully saturated rings. The largest absolute Gasteiger partial charge is 0.463 e. The van der Waals surface area contributed by atoms with E-state index in [1.165, 1.54) is 20.8 Å². The van der Waals surface area contributed by atoms with Crippen LogP contribution in [-0.4, -0.2) is 61.2 Å². The molecule has 10 heteroatoms. The molecular weight excluding hydrogens is 412 g/mol. The van der Waals surface area contributed by atoms with Crippen molar-refractivity contribution in [2.75, 3.05) is 6.61 Å². The number of rotatable bonds is 8. The van der Waals surface area contributed by atoms with Crippen LogP contribution >= 0.6 is 0 Å². The van der Waals surface area contributed by atoms with Crippen LogP contribution in [-0.2, 0) is 54.2 Å². The third-order valence-corrected chi connectivity index (χ3v) is 4.21. The van der Waals surface area contributed by atoms with Gasteiger partial charge in [-0.25, -0.2) is 0 Å². The highest BCUT2D eigenvalue weighted by molar-refractivity contribution is 5.68. The van der Waals surface area contributed by atoms with Crippen LogP contribution in [0.3, 0.4) is 0 Å². The van der Waals surface area contributed by atoms with E-state index in [0.717, 1.165) is 12.5 Å². The zero-order valence-corrected chi connectivity index (χ0v) is 17.8. The van der Waals surface area contributed by atoms with Crippen molar-refractivity contribution in [3.63, 3.8) is 0 Å². The van der Waals surface area contributed by atoms with Gasteiger partial charge in [0.25, 0.3) is 0 Å². The molecule has 0 saturated carbocycles. The summed E-state index contributed by atoms with van der Waals surface area (Å²) in [5.74, 6) is -2.61. The maximum atomic E-state index is 11.8. The molecule has 170 valence electrons. The van der Waals surface area contributed by atoms with Crippen molar-refractivity contribution in [1.82, 2.24) is 0 Å². The topological polar surface area (TPSA) is 124 Å². The van der Waals surface area contributed by atoms with Gasteiger partial charge >= 0.3 is 23.9 Å². The summed E-state index contributed by atoms with van der Waals surface area (Å²) in [6.07, 6.45) is -5.83. The number of esters is 4. The molecule has 1 saturated heterocycles. The first-order chi connectivity index (χ1) is 14.7. The molecule has 0 bridgehead atoms. The molecule has 31 heavy (non-hydrogen) atoms. The van der Waals surface area contributed by atoms with E-state index >= 15 is 0 Å². The normalized spacial score (nSPS) is 25.2. The molecule has 0 aromatic heterocycles. The number of carbonyl (C=O) groups is 4. The van der Waals surface area contributed by atoms with Gasteiger partial charge in [-0.2, -0.15) is 0 Å². The molecule has 0 unspecified atom stereocenters. The third-order valence-electron chi connectivity index (χ3n) is 4.21. The van der Waals surface area contributed by atoms with Crippen molar-refractivity contribution in [1.29, 1.82) is 0 Å². The lowest BCUT2D eigenvalue weighted by Crippen LogP contribution is -2.62. The fourth-order valence-electron chi connectivity index (χ4n) is 3.08. The minimum atomic E-state index is -1.37. The highest BCUT2D eigenvalue weighted by atomic mass is 16.7. The molecule has 1 aliphatic heterocycles. The first-order valence-corrected chi connectivity index (χ1v) is 9.63. The van der Waals surface area contributed by atoms with E-state index in [0.29, 0.717) is 0 Å². The van der Waals surface area contributed by atoms with Gasteiger partial charge in [0.2, 0.25) is 6.29 Å². The van der Waals surface area contributed by atoms with Gasteiger partial charge in [0, 0.05) is 27.7 Å². The first-order valence-electron chi connectivity index (χ1n) is 9.63. The molecule has 2 rings (SSSR count). The third kappa shape index (κ3) is 7.65. The second-order valence-corrected chi connectivity index (χ2v) is 6.86. The SMILES string of the molecule is CC(=O)OC[C@H]1O[C@H](OC(C)=O)[C@H](OC(C)=O)[C@@H](OCc2ccccc2)[C@@H]1OC(C)=O. The Hall–Kier alpha value is -2.98. The number of hydrogen-bond donors (Lipinski definition) is 0. The van der Waals surface area contributed by atoms with Crippen LogP contribution < -0.4 is 0 Å². The van der Waals surface area contributed by atoms with Gasteiger partial charge in [0.05, 0.1) is 6.61 Å². The van der Waals surface area contributed by atoms with E-state index < -0.39 is 54.6 Å². The second-order valence-electron chi connectivity index (χ2n) is 6.86. The van der Waals surface area contributed by atoms with E-state index in [2.05, 4.69) is 0 Å². The summed E-state index contributed by atoms with van der Waals surface area (Å²) < 4.78 is 32.6. The zero-order chi connectivity index (χ0) is 23.0. The van der Waals surface area contributed by atoms with E-state index in [1.807, 2.05) is 30.3 Å². The van der Waals surface area contributed by atoms with Crippen LogP contribution in [0, 0.1) is 0 Å². The van der Waals surface area contributed by atoms with Crippen molar-refractivity contribution in [2.24, 2.45) is 0 Å². The fourth-order valence-corrected chi connectivity index (χ4v) is 3.08. The van der Waals surface area contributed by atoms with Crippen molar-refractivity contribution in [3.8, 4) is 0 Å². The molecule has 1 aliphatic rings. The highest BCUT2D eigenvalue weighted by Gasteiger charge is 2.52. The van der Waals surface area contributed by atoms with Gasteiger partial charge in [0.1, 0.15) is 18.8 Å². The molecular formula is C21H26O10. The fraction of sp³-hybridized carbons (Fsp3) is 0.524. The smallest absolute Gasteiger partial charge is 0.305 e. The number of carbonyl (C=O) groups excluding carboxylic acids is 4. The van der Waals surface area contributed by atoms with Crippen molar-refractivity contribution >= 4 is 23.9 Å². The number of ether oxygens (including phenoxy) is 6. The van der Waals surface area contributed by atoms with Gasteiger partial charge in [-0.05, 0) is 5.56 Å². The lowest BCUT2D eigenvalue weighted by atomic mass is 9.98. The van der Waals surface area contributed by atoms with E-state index in [-0.39, 0.29) is 13.2 Å². The summed E-state index contributed by atoms with van der Waals surface area (Å²) in [5, 5.41) is 0. The molecule has 0 N–H and O–H groups in total. The van der Waals surface area contributed by atoms with E-state index in [4.69, 9.17) is 28.4 Å². The average molecular weight is 438 g/mol. The minimum Gasteiger partial charge on any atom is -0.463 e. The number of benzene rings is 1. The molecule has 0 amide bonds. The molecule has 1 aromatic carbocycles. The molecule has 0 aliphatic carbocycles. The average Bonchev–Trinajstić information content (AvgIpc) is 2.67. The Morgan fingerprint density at radius 2 is 1.35 bits per heavy atom. The molecule has 0 spiro atoms. The van der Waals surface area contributed by atoms with E-state index in [9.17, 15) is 19.2 Å². The summed E-state index contributed by atoms with van der Waals surface area (Å²) in [4.78, 5) is 46.4. The Morgan fingerprint density at radius 1 is 0.774 bits per heavy atom. The summed E-state index contributed by atoms with van der Waals surface area (Å²) in [6.45, 7) is 4.50. The minimum absolute atomic E-state index is 0.0775. The number of hydrogen-bond acceptors (Lipinski definition) is 10. The zero-order valence-electron chi connectivity index (χ0n) is 17.8. The Labute approximate surface area is 179 Å². The van der Waals surface area contributed by atoms with Crippen LogP contribution in [0.1, 0.15) is 33.3 Å². The summed E-state index contributed by atoms with van der Waals surface area (Å²) in [7, 11) is 0. The molecule has 10 nitrogen and oxygen atoms in total. The van der Waals surface area contributed by atoms with Crippen LogP contribution in [0.2, 0.25) is 0 Å². The predicted octanol–water partition coefficient (Wildman–Crippen LogP) is 1.29. The standard InChI is InChI=1S/C21H26O10/c1-12(22)26-11-17-18(28-13(2)23)19(27-10-16-8-6-5-7-9-16)20(29-14(3)24)21(31-17)30-15(4)25/h5-9,17-21H,10-11H2,1-4H3/t17-,18-,19+,20-,21+/m1/s1. The lowest BCUT2D eigenvalue weighted by Gasteiger charge is -2.44. The first kappa shape index (κ1) is 24.3. The summed E-state index contributed by atoms with van der Waals surface area (Å²) in [5.41, 5.74) is 0.803. The second kappa shape index (κ2) is 11.4.